The van der Waals surface area contributed by atoms with Gasteiger partial charge in [0.2, 0.25) is 0 Å². The molecule has 1 unspecified atom stereocenters. The topological polar surface area (TPSA) is 99.4 Å². The summed E-state index contributed by atoms with van der Waals surface area (Å²) in [6.45, 7) is 3.92. The molecule has 1 aromatic heterocycles. The van der Waals surface area contributed by atoms with Gasteiger partial charge in [-0.05, 0) is 24.3 Å². The molecular formula is C10H18N4O4. The highest BCUT2D eigenvalue weighted by atomic mass is 16.5. The maximum Gasteiger partial charge on any atom is 0.306 e. The van der Waals surface area contributed by atoms with Crippen LogP contribution in [0, 0.1) is 0 Å². The number of nitrogens with zero attached hydrogens (tertiary/aromatic N) is 4. The van der Waals surface area contributed by atoms with E-state index in [4.69, 9.17) is 14.6 Å². The molecule has 8 heteroatoms. The number of aliphatic carboxylic acids is 1. The van der Waals surface area contributed by atoms with Crippen LogP contribution in [-0.4, -0.2) is 51.6 Å². The van der Waals surface area contributed by atoms with Gasteiger partial charge < -0.3 is 14.6 Å². The number of methoxy groups -OCH3 is 2. The standard InChI is InChI=1S/C10H18N4O4/c1-10(2,18-4)9-11-12-13-14(9)6-7(17-3)5-8(15)16/h7H,5-6H2,1-4H3,(H,15,16). The summed E-state index contributed by atoms with van der Waals surface area (Å²) in [5, 5.41) is 20.1. The molecule has 1 N–H and O–H groups in total. The van der Waals surface area contributed by atoms with Gasteiger partial charge in [0, 0.05) is 14.2 Å². The Kier molecular flexibility index (Phi) is 4.74. The van der Waals surface area contributed by atoms with Crippen molar-refractivity contribution < 1.29 is 19.4 Å². The maximum absolute atomic E-state index is 10.7. The molecule has 0 saturated carbocycles. The molecule has 0 aliphatic carbocycles. The third-order valence-corrected chi connectivity index (χ3v) is 2.69. The number of hydrogen-bond acceptors (Lipinski definition) is 6. The summed E-state index contributed by atoms with van der Waals surface area (Å²) >= 11 is 0. The largest absolute Gasteiger partial charge is 0.481 e. The molecule has 0 aliphatic heterocycles. The zero-order chi connectivity index (χ0) is 13.8. The van der Waals surface area contributed by atoms with E-state index in [-0.39, 0.29) is 13.0 Å². The van der Waals surface area contributed by atoms with Gasteiger partial charge >= 0.3 is 5.97 Å². The second-order valence-corrected chi connectivity index (χ2v) is 4.35. The Morgan fingerprint density at radius 2 is 2.17 bits per heavy atom. The molecule has 1 aromatic rings. The molecule has 102 valence electrons. The van der Waals surface area contributed by atoms with E-state index >= 15 is 0 Å². The first-order valence-electron chi connectivity index (χ1n) is 5.47. The summed E-state index contributed by atoms with van der Waals surface area (Å²) < 4.78 is 11.9. The van der Waals surface area contributed by atoms with Crippen molar-refractivity contribution in [2.24, 2.45) is 0 Å². The smallest absolute Gasteiger partial charge is 0.306 e. The number of carboxylic acid groups (broad SMARTS) is 1. The molecule has 1 atom stereocenters. The van der Waals surface area contributed by atoms with Gasteiger partial charge in [0.05, 0.1) is 19.1 Å². The minimum absolute atomic E-state index is 0.108. The van der Waals surface area contributed by atoms with Gasteiger partial charge in [0.15, 0.2) is 5.82 Å². The van der Waals surface area contributed by atoms with Gasteiger partial charge in [0.1, 0.15) is 5.60 Å². The fourth-order valence-corrected chi connectivity index (χ4v) is 1.46. The van der Waals surface area contributed by atoms with E-state index < -0.39 is 17.7 Å². The Hall–Kier alpha value is -1.54. The van der Waals surface area contributed by atoms with Crippen molar-refractivity contribution >= 4 is 5.97 Å². The van der Waals surface area contributed by atoms with Crippen LogP contribution in [0.15, 0.2) is 0 Å². The summed E-state index contributed by atoms with van der Waals surface area (Å²) in [6.07, 6.45) is -0.596. The van der Waals surface area contributed by atoms with Gasteiger partial charge in [-0.2, -0.15) is 0 Å². The molecule has 18 heavy (non-hydrogen) atoms. The molecule has 8 nitrogen and oxygen atoms in total. The lowest BCUT2D eigenvalue weighted by molar-refractivity contribution is -0.140. The van der Waals surface area contributed by atoms with Crippen molar-refractivity contribution in [1.29, 1.82) is 0 Å². The number of hydrogen-bond donors (Lipinski definition) is 1. The number of rotatable bonds is 7. The van der Waals surface area contributed by atoms with Crippen molar-refractivity contribution in [3.8, 4) is 0 Å². The van der Waals surface area contributed by atoms with E-state index in [2.05, 4.69) is 15.5 Å². The Morgan fingerprint density at radius 3 is 2.67 bits per heavy atom. The van der Waals surface area contributed by atoms with Gasteiger partial charge in [-0.25, -0.2) is 4.68 Å². The van der Waals surface area contributed by atoms with Crippen LogP contribution >= 0.6 is 0 Å². The van der Waals surface area contributed by atoms with Crippen molar-refractivity contribution in [2.75, 3.05) is 14.2 Å². The fraction of sp³-hybridized carbons (Fsp3) is 0.800. The van der Waals surface area contributed by atoms with Gasteiger partial charge in [-0.3, -0.25) is 4.79 Å². The first kappa shape index (κ1) is 14.5. The van der Waals surface area contributed by atoms with E-state index in [1.54, 1.807) is 7.11 Å². The third-order valence-electron chi connectivity index (χ3n) is 2.69. The van der Waals surface area contributed by atoms with Crippen LogP contribution in [0.4, 0.5) is 0 Å². The first-order chi connectivity index (χ1) is 8.40. The predicted molar refractivity (Wildman–Crippen MR) is 60.9 cm³/mol. The number of carbonyl (C=O) groups is 1. The van der Waals surface area contributed by atoms with Crippen LogP contribution in [0.3, 0.4) is 0 Å². The highest BCUT2D eigenvalue weighted by Crippen LogP contribution is 2.21. The molecule has 0 radical (unpaired) electrons. The van der Waals surface area contributed by atoms with Crippen molar-refractivity contribution in [2.45, 2.75) is 38.5 Å². The maximum atomic E-state index is 10.7. The van der Waals surface area contributed by atoms with Crippen LogP contribution in [0.25, 0.3) is 0 Å². The van der Waals surface area contributed by atoms with Gasteiger partial charge in [0.25, 0.3) is 0 Å². The zero-order valence-electron chi connectivity index (χ0n) is 11.0. The van der Waals surface area contributed by atoms with Gasteiger partial charge in [-0.15, -0.1) is 5.10 Å². The van der Waals surface area contributed by atoms with E-state index in [1.807, 2.05) is 13.8 Å². The number of tetrazole rings is 1. The molecule has 1 rings (SSSR count). The molecule has 0 aliphatic rings. The molecule has 0 aromatic carbocycles. The molecule has 1 heterocycles. The lowest BCUT2D eigenvalue weighted by Gasteiger charge is -2.22. The number of carboxylic acids is 1. The third kappa shape index (κ3) is 3.47. The quantitative estimate of drug-likeness (QED) is 0.737. The summed E-state index contributed by atoms with van der Waals surface area (Å²) in [7, 11) is 3.02. The molecular weight excluding hydrogens is 240 g/mol. The van der Waals surface area contributed by atoms with Crippen molar-refractivity contribution in [3.63, 3.8) is 0 Å². The highest BCUT2D eigenvalue weighted by molar-refractivity contribution is 5.67. The number of aromatic nitrogens is 4. The monoisotopic (exact) mass is 258 g/mol. The normalized spacial score (nSPS) is 13.6. The number of ether oxygens (including phenoxy) is 2. The molecule has 0 amide bonds. The first-order valence-corrected chi connectivity index (χ1v) is 5.47. The van der Waals surface area contributed by atoms with E-state index in [9.17, 15) is 4.79 Å². The van der Waals surface area contributed by atoms with Crippen LogP contribution in [0.2, 0.25) is 0 Å². The van der Waals surface area contributed by atoms with E-state index in [1.165, 1.54) is 11.8 Å². The molecule has 0 spiro atoms. The van der Waals surface area contributed by atoms with Crippen LogP contribution < -0.4 is 0 Å². The van der Waals surface area contributed by atoms with E-state index in [0.717, 1.165) is 0 Å². The Bertz CT molecular complexity index is 404. The highest BCUT2D eigenvalue weighted by Gasteiger charge is 2.28. The van der Waals surface area contributed by atoms with Crippen LogP contribution in [0.1, 0.15) is 26.1 Å². The van der Waals surface area contributed by atoms with Crippen LogP contribution in [0.5, 0.6) is 0 Å². The zero-order valence-corrected chi connectivity index (χ0v) is 11.0. The Labute approximate surface area is 105 Å². The average molecular weight is 258 g/mol. The Morgan fingerprint density at radius 1 is 1.50 bits per heavy atom. The molecule has 0 saturated heterocycles. The predicted octanol–water partition coefficient (Wildman–Crippen LogP) is 0.0443. The summed E-state index contributed by atoms with van der Waals surface area (Å²) in [5.41, 5.74) is -0.648. The average Bonchev–Trinajstić information content (AvgIpc) is 2.76. The van der Waals surface area contributed by atoms with Crippen molar-refractivity contribution in [3.05, 3.63) is 5.82 Å². The lowest BCUT2D eigenvalue weighted by Crippen LogP contribution is -2.30. The summed E-state index contributed by atoms with van der Waals surface area (Å²) in [6, 6.07) is 0. The SMILES string of the molecule is COC(CC(=O)O)Cn1nnnc1C(C)(C)OC. The second kappa shape index (κ2) is 5.87. The summed E-state index contributed by atoms with van der Waals surface area (Å²) in [4.78, 5) is 10.7. The fourth-order valence-electron chi connectivity index (χ4n) is 1.46. The second-order valence-electron chi connectivity index (χ2n) is 4.35. The molecule has 0 bridgehead atoms. The van der Waals surface area contributed by atoms with Crippen molar-refractivity contribution in [1.82, 2.24) is 20.2 Å². The lowest BCUT2D eigenvalue weighted by atomic mass is 10.1. The minimum Gasteiger partial charge on any atom is -0.481 e. The van der Waals surface area contributed by atoms with E-state index in [0.29, 0.717) is 5.82 Å². The van der Waals surface area contributed by atoms with Crippen LogP contribution in [-0.2, 0) is 26.4 Å². The summed E-state index contributed by atoms with van der Waals surface area (Å²) in [5.74, 6) is -0.403. The minimum atomic E-state index is -0.928. The Balaban J connectivity index is 2.84. The van der Waals surface area contributed by atoms with Gasteiger partial charge in [-0.1, -0.05) is 0 Å². The molecule has 0 fully saturated rings.